The summed E-state index contributed by atoms with van der Waals surface area (Å²) < 4.78 is 0. The minimum atomic E-state index is -0.0504. The maximum Gasteiger partial charge on any atom is 0.242 e. The maximum absolute atomic E-state index is 12.5. The fourth-order valence-corrected chi connectivity index (χ4v) is 3.34. The van der Waals surface area contributed by atoms with Crippen molar-refractivity contribution in [1.29, 1.82) is 0 Å². The first-order chi connectivity index (χ1) is 10.2. The molecule has 0 aromatic carbocycles. The minimum Gasteiger partial charge on any atom is -0.317 e. The molecule has 1 amide bonds. The molecule has 2 aliphatic heterocycles. The van der Waals surface area contributed by atoms with Crippen LogP contribution in [0.4, 0.5) is 5.82 Å². The molecule has 2 N–H and O–H groups in total. The molecule has 6 nitrogen and oxygen atoms in total. The third kappa shape index (κ3) is 3.51. The van der Waals surface area contributed by atoms with E-state index in [-0.39, 0.29) is 11.9 Å². The summed E-state index contributed by atoms with van der Waals surface area (Å²) in [4.78, 5) is 14.8. The summed E-state index contributed by atoms with van der Waals surface area (Å²) in [5.74, 6) is 0.476. The van der Waals surface area contributed by atoms with E-state index >= 15 is 0 Å². The third-order valence-electron chi connectivity index (χ3n) is 4.26. The van der Waals surface area contributed by atoms with E-state index in [9.17, 15) is 4.79 Å². The van der Waals surface area contributed by atoms with Gasteiger partial charge in [-0.15, -0.1) is 10.2 Å². The number of halogens is 1. The predicted molar refractivity (Wildman–Crippen MR) is 81.3 cm³/mol. The van der Waals surface area contributed by atoms with Gasteiger partial charge in [0.05, 0.1) is 6.04 Å². The first kappa shape index (κ1) is 14.7. The second-order valence-corrected chi connectivity index (χ2v) is 5.99. The second-order valence-electron chi connectivity index (χ2n) is 5.61. The molecule has 3 rings (SSSR count). The van der Waals surface area contributed by atoms with E-state index < -0.39 is 0 Å². The fourth-order valence-electron chi connectivity index (χ4n) is 3.24. The van der Waals surface area contributed by atoms with Crippen molar-refractivity contribution in [2.45, 2.75) is 37.8 Å². The average Bonchev–Trinajstić information content (AvgIpc) is 3.00. The summed E-state index contributed by atoms with van der Waals surface area (Å²) in [5.41, 5.74) is 0. The number of carbonyl (C=O) groups is 1. The molecular formula is C14H20ClN5O. The van der Waals surface area contributed by atoms with Crippen molar-refractivity contribution < 1.29 is 4.79 Å². The first-order valence-corrected chi connectivity index (χ1v) is 7.88. The number of likely N-dealkylation sites (tertiary alicyclic amines) is 1. The molecule has 0 aliphatic carbocycles. The number of rotatable bonds is 3. The van der Waals surface area contributed by atoms with Crippen LogP contribution in [0.1, 0.15) is 25.7 Å². The van der Waals surface area contributed by atoms with Crippen LogP contribution in [0.25, 0.3) is 0 Å². The van der Waals surface area contributed by atoms with Gasteiger partial charge >= 0.3 is 0 Å². The van der Waals surface area contributed by atoms with E-state index in [1.807, 2.05) is 0 Å². The predicted octanol–water partition coefficient (Wildman–Crippen LogP) is 1.28. The van der Waals surface area contributed by atoms with Gasteiger partial charge in [0.1, 0.15) is 0 Å². The molecule has 2 aliphatic rings. The van der Waals surface area contributed by atoms with Crippen LogP contribution in [-0.2, 0) is 4.79 Å². The molecule has 1 aromatic rings. The minimum absolute atomic E-state index is 0.0163. The Balaban J connectivity index is 1.63. The Morgan fingerprint density at radius 2 is 2.10 bits per heavy atom. The first-order valence-electron chi connectivity index (χ1n) is 7.50. The number of aromatic nitrogens is 2. The van der Waals surface area contributed by atoms with E-state index in [2.05, 4.69) is 25.7 Å². The Labute approximate surface area is 129 Å². The highest BCUT2D eigenvalue weighted by Crippen LogP contribution is 2.25. The number of anilines is 1. The van der Waals surface area contributed by atoms with Crippen LogP contribution in [0, 0.1) is 0 Å². The van der Waals surface area contributed by atoms with Crippen LogP contribution >= 0.6 is 11.6 Å². The zero-order valence-electron chi connectivity index (χ0n) is 11.9. The fraction of sp³-hybridized carbons (Fsp3) is 0.643. The van der Waals surface area contributed by atoms with Crippen molar-refractivity contribution in [2.24, 2.45) is 0 Å². The van der Waals surface area contributed by atoms with E-state index in [1.54, 1.807) is 12.1 Å². The van der Waals surface area contributed by atoms with Gasteiger partial charge in [-0.2, -0.15) is 0 Å². The van der Waals surface area contributed by atoms with Crippen LogP contribution in [0.2, 0.25) is 5.15 Å². The van der Waals surface area contributed by atoms with Gasteiger partial charge in [0, 0.05) is 6.04 Å². The lowest BCUT2D eigenvalue weighted by atomic mass is 10.0. The Morgan fingerprint density at radius 3 is 2.81 bits per heavy atom. The molecule has 1 unspecified atom stereocenters. The molecule has 3 heterocycles. The highest BCUT2D eigenvalue weighted by atomic mass is 35.5. The smallest absolute Gasteiger partial charge is 0.242 e. The van der Waals surface area contributed by atoms with E-state index in [4.69, 9.17) is 11.6 Å². The van der Waals surface area contributed by atoms with Crippen LogP contribution in [0.5, 0.6) is 0 Å². The normalized spacial score (nSPS) is 24.1. The van der Waals surface area contributed by atoms with Gasteiger partial charge in [0.25, 0.3) is 0 Å². The number of amides is 1. The molecule has 0 spiro atoms. The van der Waals surface area contributed by atoms with Crippen molar-refractivity contribution >= 4 is 23.3 Å². The molecule has 21 heavy (non-hydrogen) atoms. The standard InChI is InChI=1S/C14H20ClN5O/c15-12-3-4-13(19-18-12)17-14(21)11-2-1-9-20(11)10-5-7-16-8-6-10/h3-4,10-11,16H,1-2,5-9H2,(H,17,19,21). The number of nitrogens with one attached hydrogen (secondary N) is 2. The quantitative estimate of drug-likeness (QED) is 0.880. The lowest BCUT2D eigenvalue weighted by molar-refractivity contribution is -0.121. The summed E-state index contributed by atoms with van der Waals surface area (Å²) in [6, 6.07) is 3.77. The van der Waals surface area contributed by atoms with Crippen LogP contribution in [-0.4, -0.2) is 52.7 Å². The van der Waals surface area contributed by atoms with Gasteiger partial charge in [-0.3, -0.25) is 9.69 Å². The largest absolute Gasteiger partial charge is 0.317 e. The number of carbonyl (C=O) groups excluding carboxylic acids is 1. The molecule has 7 heteroatoms. The Kier molecular flexibility index (Phi) is 4.67. The number of hydrogen-bond donors (Lipinski definition) is 2. The van der Waals surface area contributed by atoms with Crippen LogP contribution in [0.15, 0.2) is 12.1 Å². The van der Waals surface area contributed by atoms with Gasteiger partial charge in [0.15, 0.2) is 11.0 Å². The second kappa shape index (κ2) is 6.68. The molecule has 0 saturated carbocycles. The van der Waals surface area contributed by atoms with E-state index in [1.165, 1.54) is 0 Å². The third-order valence-corrected chi connectivity index (χ3v) is 4.46. The van der Waals surface area contributed by atoms with Crippen LogP contribution < -0.4 is 10.6 Å². The number of nitrogens with zero attached hydrogens (tertiary/aromatic N) is 3. The molecule has 1 aromatic heterocycles. The van der Waals surface area contributed by atoms with E-state index in [0.29, 0.717) is 17.0 Å². The Bertz CT molecular complexity index is 489. The summed E-state index contributed by atoms with van der Waals surface area (Å²) in [7, 11) is 0. The van der Waals surface area contributed by atoms with Crippen LogP contribution in [0.3, 0.4) is 0 Å². The Morgan fingerprint density at radius 1 is 1.29 bits per heavy atom. The van der Waals surface area contributed by atoms with Gasteiger partial charge < -0.3 is 10.6 Å². The monoisotopic (exact) mass is 309 g/mol. The van der Waals surface area contributed by atoms with Gasteiger partial charge in [0.2, 0.25) is 5.91 Å². The SMILES string of the molecule is O=C(Nc1ccc(Cl)nn1)C1CCCN1C1CCNCC1. The average molecular weight is 310 g/mol. The molecule has 114 valence electrons. The molecular weight excluding hydrogens is 290 g/mol. The highest BCUT2D eigenvalue weighted by Gasteiger charge is 2.35. The van der Waals surface area contributed by atoms with Gasteiger partial charge in [-0.25, -0.2) is 0 Å². The Hall–Kier alpha value is -1.24. The maximum atomic E-state index is 12.5. The lowest BCUT2D eigenvalue weighted by Gasteiger charge is -2.35. The van der Waals surface area contributed by atoms with Crippen molar-refractivity contribution in [3.8, 4) is 0 Å². The molecule has 2 fully saturated rings. The molecule has 1 atom stereocenters. The zero-order chi connectivity index (χ0) is 14.7. The summed E-state index contributed by atoms with van der Waals surface area (Å²) >= 11 is 5.70. The van der Waals surface area contributed by atoms with Crippen molar-refractivity contribution in [3.63, 3.8) is 0 Å². The van der Waals surface area contributed by atoms with Crippen molar-refractivity contribution in [2.75, 3.05) is 25.0 Å². The topological polar surface area (TPSA) is 70.2 Å². The molecule has 0 bridgehead atoms. The molecule has 2 saturated heterocycles. The zero-order valence-corrected chi connectivity index (χ0v) is 12.6. The number of hydrogen-bond acceptors (Lipinski definition) is 5. The van der Waals surface area contributed by atoms with Crippen molar-refractivity contribution in [3.05, 3.63) is 17.3 Å². The summed E-state index contributed by atoms with van der Waals surface area (Å²) in [6.07, 6.45) is 4.22. The summed E-state index contributed by atoms with van der Waals surface area (Å²) in [5, 5.41) is 14.2. The van der Waals surface area contributed by atoms with Gasteiger partial charge in [-0.05, 0) is 57.5 Å². The highest BCUT2D eigenvalue weighted by molar-refractivity contribution is 6.29. The van der Waals surface area contributed by atoms with Gasteiger partial charge in [-0.1, -0.05) is 11.6 Å². The number of piperidine rings is 1. The molecule has 0 radical (unpaired) electrons. The summed E-state index contributed by atoms with van der Waals surface area (Å²) in [6.45, 7) is 3.09. The lowest BCUT2D eigenvalue weighted by Crippen LogP contribution is -2.49. The van der Waals surface area contributed by atoms with Crippen molar-refractivity contribution in [1.82, 2.24) is 20.4 Å². The van der Waals surface area contributed by atoms with E-state index in [0.717, 1.165) is 45.3 Å².